The number of carbonyl (C=O) groups is 1. The summed E-state index contributed by atoms with van der Waals surface area (Å²) < 4.78 is 11.0. The Hall–Kier alpha value is -1.48. The standard InChI is InChI=1S/C20H36N4O4/c1-5-24(6-2)20(26)18-15-28-19(21-18)12-23-9-7-22(8-10-23)11-17(25)14-27-13-16(3)4/h15-17,25H,5-14H2,1-4H3. The van der Waals surface area contributed by atoms with Crippen LogP contribution in [0.15, 0.2) is 10.7 Å². The Morgan fingerprint density at radius 3 is 2.46 bits per heavy atom. The maximum Gasteiger partial charge on any atom is 0.275 e. The van der Waals surface area contributed by atoms with E-state index >= 15 is 0 Å². The van der Waals surface area contributed by atoms with Gasteiger partial charge in [-0.25, -0.2) is 4.98 Å². The van der Waals surface area contributed by atoms with Crippen LogP contribution in [0.1, 0.15) is 44.1 Å². The van der Waals surface area contributed by atoms with Crippen LogP contribution in [-0.4, -0.2) is 95.8 Å². The van der Waals surface area contributed by atoms with E-state index in [0.717, 1.165) is 26.2 Å². The van der Waals surface area contributed by atoms with E-state index in [1.807, 2.05) is 13.8 Å². The molecule has 1 aliphatic heterocycles. The summed E-state index contributed by atoms with van der Waals surface area (Å²) in [7, 11) is 0. The topological polar surface area (TPSA) is 82.3 Å². The van der Waals surface area contributed by atoms with E-state index in [2.05, 4.69) is 28.6 Å². The molecule has 1 unspecified atom stereocenters. The van der Waals surface area contributed by atoms with Crippen molar-refractivity contribution >= 4 is 5.91 Å². The van der Waals surface area contributed by atoms with Crippen molar-refractivity contribution in [3.8, 4) is 0 Å². The van der Waals surface area contributed by atoms with Gasteiger partial charge in [0.2, 0.25) is 5.89 Å². The second-order valence-corrected chi connectivity index (χ2v) is 7.77. The normalized spacial score (nSPS) is 17.2. The second kappa shape index (κ2) is 11.5. The molecular weight excluding hydrogens is 360 g/mol. The maximum atomic E-state index is 12.3. The van der Waals surface area contributed by atoms with Gasteiger partial charge >= 0.3 is 0 Å². The minimum atomic E-state index is -0.453. The zero-order valence-electron chi connectivity index (χ0n) is 17.8. The summed E-state index contributed by atoms with van der Waals surface area (Å²) in [6, 6.07) is 0. The van der Waals surface area contributed by atoms with Gasteiger partial charge in [-0.05, 0) is 19.8 Å². The minimum Gasteiger partial charge on any atom is -0.447 e. The fourth-order valence-corrected chi connectivity index (χ4v) is 3.27. The largest absolute Gasteiger partial charge is 0.447 e. The van der Waals surface area contributed by atoms with Crippen LogP contribution in [0.25, 0.3) is 0 Å². The molecular formula is C20H36N4O4. The van der Waals surface area contributed by atoms with Crippen LogP contribution < -0.4 is 0 Å². The second-order valence-electron chi connectivity index (χ2n) is 7.77. The van der Waals surface area contributed by atoms with Crippen molar-refractivity contribution < 1.29 is 19.1 Å². The first-order valence-electron chi connectivity index (χ1n) is 10.4. The lowest BCUT2D eigenvalue weighted by Crippen LogP contribution is -2.48. The highest BCUT2D eigenvalue weighted by Gasteiger charge is 2.22. The van der Waals surface area contributed by atoms with E-state index in [4.69, 9.17) is 9.15 Å². The van der Waals surface area contributed by atoms with Gasteiger partial charge in [0.25, 0.3) is 5.91 Å². The van der Waals surface area contributed by atoms with Gasteiger partial charge in [-0.1, -0.05) is 13.8 Å². The first-order chi connectivity index (χ1) is 13.4. The Bertz CT molecular complexity index is 581. The van der Waals surface area contributed by atoms with E-state index in [9.17, 15) is 9.90 Å². The van der Waals surface area contributed by atoms with Crippen molar-refractivity contribution in [3.05, 3.63) is 17.8 Å². The maximum absolute atomic E-state index is 12.3. The highest BCUT2D eigenvalue weighted by molar-refractivity contribution is 5.91. The van der Waals surface area contributed by atoms with Crippen molar-refractivity contribution in [2.75, 3.05) is 59.0 Å². The molecule has 1 saturated heterocycles. The number of ether oxygens (including phenoxy) is 1. The summed E-state index contributed by atoms with van der Waals surface area (Å²) in [4.78, 5) is 22.9. The van der Waals surface area contributed by atoms with Gasteiger partial charge in [0.1, 0.15) is 6.26 Å². The summed E-state index contributed by atoms with van der Waals surface area (Å²) in [6.07, 6.45) is 1.01. The lowest BCUT2D eigenvalue weighted by Gasteiger charge is -2.34. The third kappa shape index (κ3) is 7.16. The number of hydrogen-bond acceptors (Lipinski definition) is 7. The fraction of sp³-hybridized carbons (Fsp3) is 0.800. The summed E-state index contributed by atoms with van der Waals surface area (Å²) in [5.41, 5.74) is 0.377. The monoisotopic (exact) mass is 396 g/mol. The lowest BCUT2D eigenvalue weighted by atomic mass is 10.2. The molecule has 1 atom stereocenters. The number of aromatic nitrogens is 1. The number of nitrogens with zero attached hydrogens (tertiary/aromatic N) is 4. The number of piperazine rings is 1. The Morgan fingerprint density at radius 1 is 1.21 bits per heavy atom. The number of aliphatic hydroxyl groups excluding tert-OH is 1. The Labute approximate surface area is 168 Å². The van der Waals surface area contributed by atoms with Gasteiger partial charge in [-0.3, -0.25) is 14.6 Å². The van der Waals surface area contributed by atoms with Crippen molar-refractivity contribution in [1.29, 1.82) is 0 Å². The Morgan fingerprint density at radius 2 is 1.86 bits per heavy atom. The summed E-state index contributed by atoms with van der Waals surface area (Å²) >= 11 is 0. The van der Waals surface area contributed by atoms with Gasteiger partial charge in [-0.15, -0.1) is 0 Å². The number of rotatable bonds is 11. The number of aliphatic hydroxyl groups is 1. The van der Waals surface area contributed by atoms with Crippen molar-refractivity contribution in [2.24, 2.45) is 5.92 Å². The Balaban J connectivity index is 1.72. The van der Waals surface area contributed by atoms with Crippen molar-refractivity contribution in [2.45, 2.75) is 40.3 Å². The predicted octanol–water partition coefficient (Wildman–Crippen LogP) is 1.31. The number of amides is 1. The molecule has 0 saturated carbocycles. The van der Waals surface area contributed by atoms with E-state index in [-0.39, 0.29) is 5.91 Å². The molecule has 0 bridgehead atoms. The molecule has 0 spiro atoms. The van der Waals surface area contributed by atoms with E-state index in [1.165, 1.54) is 6.26 Å². The van der Waals surface area contributed by atoms with Crippen LogP contribution in [0, 0.1) is 5.92 Å². The first-order valence-corrected chi connectivity index (χ1v) is 10.4. The van der Waals surface area contributed by atoms with Crippen LogP contribution in [0.2, 0.25) is 0 Å². The highest BCUT2D eigenvalue weighted by atomic mass is 16.5. The summed E-state index contributed by atoms with van der Waals surface area (Å²) in [5.74, 6) is 0.971. The predicted molar refractivity (Wildman–Crippen MR) is 107 cm³/mol. The van der Waals surface area contributed by atoms with Crippen LogP contribution in [0.5, 0.6) is 0 Å². The number of β-amino-alcohol motifs (C(OH)–C–C–N with tert-alkyl or cyclic N) is 1. The van der Waals surface area contributed by atoms with E-state index in [1.54, 1.807) is 4.90 Å². The molecule has 1 N–H and O–H groups in total. The molecule has 0 aromatic carbocycles. The fourth-order valence-electron chi connectivity index (χ4n) is 3.27. The average molecular weight is 397 g/mol. The molecule has 1 fully saturated rings. The Kier molecular flexibility index (Phi) is 9.37. The van der Waals surface area contributed by atoms with Crippen LogP contribution in [-0.2, 0) is 11.3 Å². The molecule has 2 heterocycles. The number of carbonyl (C=O) groups excluding carboxylic acids is 1. The number of hydrogen-bond donors (Lipinski definition) is 1. The molecule has 1 aromatic heterocycles. The highest BCUT2D eigenvalue weighted by Crippen LogP contribution is 2.11. The lowest BCUT2D eigenvalue weighted by molar-refractivity contribution is -0.000850. The molecule has 28 heavy (non-hydrogen) atoms. The van der Waals surface area contributed by atoms with Gasteiger partial charge in [0.15, 0.2) is 5.69 Å². The van der Waals surface area contributed by atoms with Gasteiger partial charge in [0.05, 0.1) is 19.3 Å². The molecule has 0 radical (unpaired) electrons. The molecule has 1 aromatic rings. The van der Waals surface area contributed by atoms with Gasteiger partial charge in [-0.2, -0.15) is 0 Å². The van der Waals surface area contributed by atoms with Crippen LogP contribution in [0.4, 0.5) is 0 Å². The van der Waals surface area contributed by atoms with Crippen molar-refractivity contribution in [1.82, 2.24) is 19.7 Å². The van der Waals surface area contributed by atoms with Gasteiger partial charge in [0, 0.05) is 52.4 Å². The molecule has 8 nitrogen and oxygen atoms in total. The van der Waals surface area contributed by atoms with E-state index < -0.39 is 6.10 Å². The summed E-state index contributed by atoms with van der Waals surface area (Å²) in [5, 5.41) is 10.1. The SMILES string of the molecule is CCN(CC)C(=O)c1coc(CN2CCN(CC(O)COCC(C)C)CC2)n1. The molecule has 8 heteroatoms. The zero-order chi connectivity index (χ0) is 20.5. The molecule has 1 aliphatic rings. The first kappa shape index (κ1) is 22.8. The smallest absolute Gasteiger partial charge is 0.275 e. The molecule has 1 amide bonds. The van der Waals surface area contributed by atoms with Crippen LogP contribution in [0.3, 0.4) is 0 Å². The third-order valence-electron chi connectivity index (χ3n) is 4.88. The quantitative estimate of drug-likeness (QED) is 0.604. The zero-order valence-corrected chi connectivity index (χ0v) is 17.8. The molecule has 160 valence electrons. The molecule has 2 rings (SSSR count). The molecule has 0 aliphatic carbocycles. The van der Waals surface area contributed by atoms with Gasteiger partial charge < -0.3 is 19.2 Å². The number of oxazole rings is 1. The average Bonchev–Trinajstić information content (AvgIpc) is 3.12. The third-order valence-corrected chi connectivity index (χ3v) is 4.88. The van der Waals surface area contributed by atoms with Crippen molar-refractivity contribution in [3.63, 3.8) is 0 Å². The van der Waals surface area contributed by atoms with E-state index in [0.29, 0.717) is 56.9 Å². The minimum absolute atomic E-state index is 0.0847. The summed E-state index contributed by atoms with van der Waals surface area (Å²) in [6.45, 7) is 15.2. The van der Waals surface area contributed by atoms with Crippen LogP contribution >= 0.6 is 0 Å².